The van der Waals surface area contributed by atoms with Crippen LogP contribution >= 0.6 is 0 Å². The van der Waals surface area contributed by atoms with Gasteiger partial charge in [-0.3, -0.25) is 0 Å². The monoisotopic (exact) mass is 410 g/mol. The standard InChI is InChI=1S/C19H26N2O4S2/c1-21(2)16-9-7-15(8-10-16)6-5-13-20-18-12-11-17(26(3,22)23)14-19(18)27(4,24)25/h7-12,14,20H,5-6,13H2,1-4H3. The van der Waals surface area contributed by atoms with E-state index in [2.05, 4.69) is 29.6 Å². The first-order chi connectivity index (χ1) is 12.5. The Bertz CT molecular complexity index is 997. The van der Waals surface area contributed by atoms with Gasteiger partial charge in [0, 0.05) is 38.8 Å². The van der Waals surface area contributed by atoms with Crippen molar-refractivity contribution in [1.29, 1.82) is 0 Å². The zero-order valence-corrected chi connectivity index (χ0v) is 17.7. The van der Waals surface area contributed by atoms with Gasteiger partial charge >= 0.3 is 0 Å². The Morgan fingerprint density at radius 1 is 0.889 bits per heavy atom. The van der Waals surface area contributed by atoms with E-state index >= 15 is 0 Å². The summed E-state index contributed by atoms with van der Waals surface area (Å²) in [7, 11) is -3.03. The molecule has 0 aliphatic rings. The fourth-order valence-corrected chi connectivity index (χ4v) is 4.26. The molecule has 0 heterocycles. The second-order valence-corrected chi connectivity index (χ2v) is 10.8. The molecular formula is C19H26N2O4S2. The van der Waals surface area contributed by atoms with Crippen LogP contribution in [0.25, 0.3) is 0 Å². The van der Waals surface area contributed by atoms with Crippen LogP contribution < -0.4 is 10.2 Å². The number of benzene rings is 2. The molecule has 0 spiro atoms. The van der Waals surface area contributed by atoms with Crippen molar-refractivity contribution in [1.82, 2.24) is 0 Å². The van der Waals surface area contributed by atoms with Gasteiger partial charge in [-0.15, -0.1) is 0 Å². The molecule has 0 radical (unpaired) electrons. The van der Waals surface area contributed by atoms with Gasteiger partial charge in [-0.2, -0.15) is 0 Å². The smallest absolute Gasteiger partial charge is 0.177 e. The molecule has 0 aliphatic carbocycles. The van der Waals surface area contributed by atoms with Crippen molar-refractivity contribution in [2.75, 3.05) is 43.4 Å². The zero-order chi connectivity index (χ0) is 20.2. The van der Waals surface area contributed by atoms with Crippen LogP contribution in [0.2, 0.25) is 0 Å². The minimum atomic E-state index is -3.55. The van der Waals surface area contributed by atoms with Crippen LogP contribution in [-0.4, -0.2) is 50.0 Å². The van der Waals surface area contributed by atoms with Crippen LogP contribution in [0.3, 0.4) is 0 Å². The van der Waals surface area contributed by atoms with E-state index in [1.165, 1.54) is 23.8 Å². The lowest BCUT2D eigenvalue weighted by Gasteiger charge is -2.14. The lowest BCUT2D eigenvalue weighted by atomic mass is 10.1. The third-order valence-electron chi connectivity index (χ3n) is 4.19. The molecule has 8 heteroatoms. The molecule has 0 amide bonds. The Labute approximate surface area is 162 Å². The van der Waals surface area contributed by atoms with E-state index in [1.807, 2.05) is 19.0 Å². The summed E-state index contributed by atoms with van der Waals surface area (Å²) < 4.78 is 47.4. The van der Waals surface area contributed by atoms with Gasteiger partial charge in [0.1, 0.15) is 0 Å². The van der Waals surface area contributed by atoms with E-state index in [1.54, 1.807) is 0 Å². The number of sulfone groups is 2. The molecule has 0 fully saturated rings. The summed E-state index contributed by atoms with van der Waals surface area (Å²) in [5, 5.41) is 3.12. The zero-order valence-electron chi connectivity index (χ0n) is 16.1. The second-order valence-electron chi connectivity index (χ2n) is 6.79. The highest BCUT2D eigenvalue weighted by Gasteiger charge is 2.17. The van der Waals surface area contributed by atoms with Crippen LogP contribution in [-0.2, 0) is 26.1 Å². The van der Waals surface area contributed by atoms with Crippen molar-refractivity contribution in [2.24, 2.45) is 0 Å². The highest BCUT2D eigenvalue weighted by atomic mass is 32.2. The molecule has 1 N–H and O–H groups in total. The molecule has 0 bridgehead atoms. The Balaban J connectivity index is 2.05. The van der Waals surface area contributed by atoms with E-state index in [0.29, 0.717) is 12.2 Å². The number of aryl methyl sites for hydroxylation is 1. The fraction of sp³-hybridized carbons (Fsp3) is 0.368. The molecule has 0 saturated carbocycles. The van der Waals surface area contributed by atoms with Crippen molar-refractivity contribution >= 4 is 31.0 Å². The number of hydrogen-bond acceptors (Lipinski definition) is 6. The summed E-state index contributed by atoms with van der Waals surface area (Å²) in [6, 6.07) is 12.4. The molecule has 0 atom stereocenters. The molecule has 0 aromatic heterocycles. The molecule has 2 rings (SSSR count). The summed E-state index contributed by atoms with van der Waals surface area (Å²) in [5.74, 6) is 0. The first-order valence-electron chi connectivity index (χ1n) is 8.53. The van der Waals surface area contributed by atoms with Crippen LogP contribution in [0.1, 0.15) is 12.0 Å². The Morgan fingerprint density at radius 2 is 1.52 bits per heavy atom. The topological polar surface area (TPSA) is 83.6 Å². The maximum absolute atomic E-state index is 12.0. The van der Waals surface area contributed by atoms with Gasteiger partial charge in [0.25, 0.3) is 0 Å². The summed E-state index contributed by atoms with van der Waals surface area (Å²) >= 11 is 0. The SMILES string of the molecule is CN(C)c1ccc(CCCNc2ccc(S(C)(=O)=O)cc2S(C)(=O)=O)cc1. The van der Waals surface area contributed by atoms with E-state index in [4.69, 9.17) is 0 Å². The third-order valence-corrected chi connectivity index (χ3v) is 6.44. The van der Waals surface area contributed by atoms with Gasteiger partial charge in [-0.1, -0.05) is 12.1 Å². The summed E-state index contributed by atoms with van der Waals surface area (Å²) in [4.78, 5) is 2.04. The van der Waals surface area contributed by atoms with Crippen molar-refractivity contribution in [3.05, 3.63) is 48.0 Å². The molecule has 2 aromatic rings. The molecule has 6 nitrogen and oxygen atoms in total. The maximum Gasteiger partial charge on any atom is 0.177 e. The van der Waals surface area contributed by atoms with Crippen LogP contribution in [0, 0.1) is 0 Å². The van der Waals surface area contributed by atoms with Crippen LogP contribution in [0.5, 0.6) is 0 Å². The van der Waals surface area contributed by atoms with Gasteiger partial charge in [0.2, 0.25) is 0 Å². The highest BCUT2D eigenvalue weighted by Crippen LogP contribution is 2.25. The van der Waals surface area contributed by atoms with Crippen LogP contribution in [0.4, 0.5) is 11.4 Å². The van der Waals surface area contributed by atoms with Gasteiger partial charge in [-0.05, 0) is 48.7 Å². The van der Waals surface area contributed by atoms with Crippen molar-refractivity contribution in [3.63, 3.8) is 0 Å². The quantitative estimate of drug-likeness (QED) is 0.674. The minimum Gasteiger partial charge on any atom is -0.384 e. The molecule has 148 valence electrons. The Hall–Kier alpha value is -2.06. The Kier molecular flexibility index (Phi) is 6.54. The maximum atomic E-state index is 12.0. The number of nitrogens with one attached hydrogen (secondary N) is 1. The van der Waals surface area contributed by atoms with E-state index in [0.717, 1.165) is 31.0 Å². The van der Waals surface area contributed by atoms with Gasteiger partial charge in [0.05, 0.1) is 15.5 Å². The Morgan fingerprint density at radius 3 is 2.04 bits per heavy atom. The highest BCUT2D eigenvalue weighted by molar-refractivity contribution is 7.91. The van der Waals surface area contributed by atoms with Crippen LogP contribution in [0.15, 0.2) is 52.3 Å². The minimum absolute atomic E-state index is 0.000705. The number of nitrogens with zero attached hydrogens (tertiary/aromatic N) is 1. The largest absolute Gasteiger partial charge is 0.384 e. The van der Waals surface area contributed by atoms with E-state index < -0.39 is 19.7 Å². The number of anilines is 2. The predicted octanol–water partition coefficient (Wildman–Crippen LogP) is 2.60. The third kappa shape index (κ3) is 5.97. The van der Waals surface area contributed by atoms with Crippen molar-refractivity contribution in [3.8, 4) is 0 Å². The van der Waals surface area contributed by atoms with Gasteiger partial charge < -0.3 is 10.2 Å². The number of hydrogen-bond donors (Lipinski definition) is 1. The lowest BCUT2D eigenvalue weighted by molar-refractivity contribution is 0.600. The molecule has 0 aliphatic heterocycles. The van der Waals surface area contributed by atoms with Crippen molar-refractivity contribution < 1.29 is 16.8 Å². The average molecular weight is 411 g/mol. The molecular weight excluding hydrogens is 384 g/mol. The van der Waals surface area contributed by atoms with Gasteiger partial charge in [-0.25, -0.2) is 16.8 Å². The summed E-state index contributed by atoms with van der Waals surface area (Å²) in [6.45, 7) is 0.580. The number of rotatable bonds is 8. The predicted molar refractivity (Wildman–Crippen MR) is 110 cm³/mol. The van der Waals surface area contributed by atoms with Crippen molar-refractivity contribution in [2.45, 2.75) is 22.6 Å². The average Bonchev–Trinajstić information content (AvgIpc) is 2.57. The summed E-state index contributed by atoms with van der Waals surface area (Å²) in [5.41, 5.74) is 2.77. The van der Waals surface area contributed by atoms with Gasteiger partial charge in [0.15, 0.2) is 19.7 Å². The summed E-state index contributed by atoms with van der Waals surface area (Å²) in [6.07, 6.45) is 3.81. The molecule has 2 aromatic carbocycles. The fourth-order valence-electron chi connectivity index (χ4n) is 2.66. The first kappa shape index (κ1) is 21.2. The first-order valence-corrected chi connectivity index (χ1v) is 12.3. The molecule has 0 unspecified atom stereocenters. The second kappa shape index (κ2) is 8.31. The van der Waals surface area contributed by atoms with E-state index in [-0.39, 0.29) is 9.79 Å². The lowest BCUT2D eigenvalue weighted by Crippen LogP contribution is -2.10. The normalized spacial score (nSPS) is 12.0. The molecule has 27 heavy (non-hydrogen) atoms. The van der Waals surface area contributed by atoms with E-state index in [9.17, 15) is 16.8 Å². The molecule has 0 saturated heterocycles.